The van der Waals surface area contributed by atoms with Crippen LogP contribution in [0.15, 0.2) is 24.5 Å². The van der Waals surface area contributed by atoms with E-state index in [0.29, 0.717) is 6.04 Å². The van der Waals surface area contributed by atoms with Crippen molar-refractivity contribution in [2.45, 2.75) is 18.9 Å². The second-order valence-electron chi connectivity index (χ2n) is 4.06. The van der Waals surface area contributed by atoms with E-state index in [1.54, 1.807) is 0 Å². The van der Waals surface area contributed by atoms with Crippen molar-refractivity contribution in [2.75, 3.05) is 5.32 Å². The van der Waals surface area contributed by atoms with Crippen LogP contribution < -0.4 is 5.32 Å². The number of aromatic amines is 1. The van der Waals surface area contributed by atoms with Crippen molar-refractivity contribution in [2.24, 2.45) is 7.05 Å². The van der Waals surface area contributed by atoms with Gasteiger partial charge in [-0.15, -0.1) is 0 Å². The highest BCUT2D eigenvalue weighted by Crippen LogP contribution is 2.26. The molecule has 4 nitrogen and oxygen atoms in total. The molecule has 2 aromatic rings. The van der Waals surface area contributed by atoms with E-state index in [9.17, 15) is 0 Å². The first-order valence-corrected chi connectivity index (χ1v) is 5.26. The smallest absolute Gasteiger partial charge is 0.148 e. The minimum absolute atomic E-state index is 0.652. The van der Waals surface area contributed by atoms with Crippen LogP contribution in [-0.2, 0) is 7.05 Å². The number of hydrogen-bond acceptors (Lipinski definition) is 2. The predicted molar refractivity (Wildman–Crippen MR) is 59.6 cm³/mol. The summed E-state index contributed by atoms with van der Waals surface area (Å²) < 4.78 is 1.91. The molecule has 3 rings (SSSR count). The molecule has 15 heavy (non-hydrogen) atoms. The molecule has 2 heterocycles. The first-order chi connectivity index (χ1) is 7.33. The normalized spacial score (nSPS) is 15.5. The Morgan fingerprint density at radius 1 is 1.53 bits per heavy atom. The molecule has 0 unspecified atom stereocenters. The fraction of sp³-hybridized carbons (Fsp3) is 0.364. The molecule has 1 aliphatic rings. The zero-order valence-corrected chi connectivity index (χ0v) is 8.70. The Hall–Kier alpha value is -1.71. The number of rotatable bonds is 3. The van der Waals surface area contributed by atoms with Crippen LogP contribution in [0.5, 0.6) is 0 Å². The van der Waals surface area contributed by atoms with E-state index in [2.05, 4.69) is 27.5 Å². The van der Waals surface area contributed by atoms with Crippen molar-refractivity contribution >= 4 is 5.82 Å². The third-order valence-corrected chi connectivity index (χ3v) is 2.70. The summed E-state index contributed by atoms with van der Waals surface area (Å²) in [7, 11) is 1.97. The van der Waals surface area contributed by atoms with Crippen LogP contribution >= 0.6 is 0 Å². The van der Waals surface area contributed by atoms with Gasteiger partial charge in [0.05, 0.1) is 5.69 Å². The zero-order valence-electron chi connectivity index (χ0n) is 8.70. The number of aryl methyl sites for hydroxylation is 1. The highest BCUT2D eigenvalue weighted by molar-refractivity contribution is 5.62. The van der Waals surface area contributed by atoms with E-state index in [1.807, 2.05) is 24.1 Å². The van der Waals surface area contributed by atoms with Crippen molar-refractivity contribution in [1.29, 1.82) is 0 Å². The topological polar surface area (TPSA) is 45.6 Å². The van der Waals surface area contributed by atoms with Crippen molar-refractivity contribution in [1.82, 2.24) is 14.8 Å². The van der Waals surface area contributed by atoms with Gasteiger partial charge in [0.1, 0.15) is 5.82 Å². The molecular weight excluding hydrogens is 188 g/mol. The molecule has 0 saturated heterocycles. The molecule has 1 aliphatic carbocycles. The molecule has 0 spiro atoms. The number of aromatic nitrogens is 3. The van der Waals surface area contributed by atoms with Crippen LogP contribution in [0, 0.1) is 0 Å². The van der Waals surface area contributed by atoms with Crippen LogP contribution in [0.25, 0.3) is 11.3 Å². The quantitative estimate of drug-likeness (QED) is 0.799. The number of hydrogen-bond donors (Lipinski definition) is 2. The van der Waals surface area contributed by atoms with Crippen LogP contribution in [0.1, 0.15) is 12.8 Å². The maximum atomic E-state index is 4.44. The van der Waals surface area contributed by atoms with Crippen LogP contribution in [0.3, 0.4) is 0 Å². The number of nitrogens with one attached hydrogen (secondary N) is 2. The van der Waals surface area contributed by atoms with Crippen molar-refractivity contribution < 1.29 is 0 Å². The van der Waals surface area contributed by atoms with Gasteiger partial charge in [-0.25, -0.2) is 0 Å². The molecule has 0 bridgehead atoms. The minimum Gasteiger partial charge on any atom is -0.367 e. The van der Waals surface area contributed by atoms with Gasteiger partial charge in [0, 0.05) is 37.1 Å². The Kier molecular flexibility index (Phi) is 1.80. The summed E-state index contributed by atoms with van der Waals surface area (Å²) in [6.45, 7) is 0. The Morgan fingerprint density at radius 2 is 2.40 bits per heavy atom. The van der Waals surface area contributed by atoms with E-state index in [4.69, 9.17) is 0 Å². The molecular formula is C11H14N4. The Bertz CT molecular complexity index is 451. The molecule has 1 fully saturated rings. The van der Waals surface area contributed by atoms with Gasteiger partial charge in [0.15, 0.2) is 0 Å². The molecule has 78 valence electrons. The average molecular weight is 202 g/mol. The summed E-state index contributed by atoms with van der Waals surface area (Å²) in [5, 5.41) is 7.84. The molecule has 0 aromatic carbocycles. The number of nitrogens with zero attached hydrogens (tertiary/aromatic N) is 2. The SMILES string of the molecule is Cn1nc(NC2CC2)cc1-c1cc[nH]c1. The van der Waals surface area contributed by atoms with E-state index >= 15 is 0 Å². The summed E-state index contributed by atoms with van der Waals surface area (Å²) in [5.74, 6) is 0.983. The summed E-state index contributed by atoms with van der Waals surface area (Å²) >= 11 is 0. The molecule has 1 saturated carbocycles. The van der Waals surface area contributed by atoms with Crippen LogP contribution in [0.4, 0.5) is 5.82 Å². The van der Waals surface area contributed by atoms with E-state index in [-0.39, 0.29) is 0 Å². The van der Waals surface area contributed by atoms with Gasteiger partial charge in [0.25, 0.3) is 0 Å². The molecule has 0 amide bonds. The fourth-order valence-electron chi connectivity index (χ4n) is 1.73. The van der Waals surface area contributed by atoms with Gasteiger partial charge in [-0.2, -0.15) is 5.10 Å². The lowest BCUT2D eigenvalue weighted by molar-refractivity contribution is 0.776. The largest absolute Gasteiger partial charge is 0.367 e. The molecule has 2 N–H and O–H groups in total. The van der Waals surface area contributed by atoms with E-state index < -0.39 is 0 Å². The lowest BCUT2D eigenvalue weighted by Gasteiger charge is -1.96. The summed E-state index contributed by atoms with van der Waals surface area (Å²) in [6.07, 6.45) is 6.46. The zero-order chi connectivity index (χ0) is 10.3. The van der Waals surface area contributed by atoms with Crippen molar-refractivity contribution in [3.05, 3.63) is 24.5 Å². The molecule has 2 aromatic heterocycles. The molecule has 0 radical (unpaired) electrons. The Morgan fingerprint density at radius 3 is 3.07 bits per heavy atom. The summed E-state index contributed by atoms with van der Waals surface area (Å²) in [4.78, 5) is 3.06. The third kappa shape index (κ3) is 1.63. The first-order valence-electron chi connectivity index (χ1n) is 5.26. The summed E-state index contributed by atoms with van der Waals surface area (Å²) in [6, 6.07) is 4.80. The Balaban J connectivity index is 1.90. The van der Waals surface area contributed by atoms with Crippen LogP contribution in [-0.4, -0.2) is 20.8 Å². The van der Waals surface area contributed by atoms with Gasteiger partial charge in [0.2, 0.25) is 0 Å². The summed E-state index contributed by atoms with van der Waals surface area (Å²) in [5.41, 5.74) is 2.31. The first kappa shape index (κ1) is 8.59. The second kappa shape index (κ2) is 3.15. The van der Waals surface area contributed by atoms with E-state index in [1.165, 1.54) is 18.4 Å². The number of H-pyrrole nitrogens is 1. The highest BCUT2D eigenvalue weighted by atomic mass is 15.3. The van der Waals surface area contributed by atoms with Gasteiger partial charge >= 0.3 is 0 Å². The van der Waals surface area contributed by atoms with Crippen molar-refractivity contribution in [3.63, 3.8) is 0 Å². The maximum absolute atomic E-state index is 4.44. The van der Waals surface area contributed by atoms with Crippen molar-refractivity contribution in [3.8, 4) is 11.3 Å². The van der Waals surface area contributed by atoms with Gasteiger partial charge < -0.3 is 10.3 Å². The lowest BCUT2D eigenvalue weighted by atomic mass is 10.2. The standard InChI is InChI=1S/C11H14N4/c1-15-10(8-4-5-12-7-8)6-11(14-15)13-9-2-3-9/h4-7,9,12H,2-3H2,1H3,(H,13,14). The van der Waals surface area contributed by atoms with Gasteiger partial charge in [-0.1, -0.05) is 0 Å². The lowest BCUT2D eigenvalue weighted by Crippen LogP contribution is -2.01. The molecule has 0 atom stereocenters. The average Bonchev–Trinajstić information content (AvgIpc) is 2.76. The maximum Gasteiger partial charge on any atom is 0.148 e. The number of anilines is 1. The van der Waals surface area contributed by atoms with Gasteiger partial charge in [-0.3, -0.25) is 4.68 Å². The highest BCUT2D eigenvalue weighted by Gasteiger charge is 2.22. The molecule has 4 heteroatoms. The molecule has 0 aliphatic heterocycles. The van der Waals surface area contributed by atoms with E-state index in [0.717, 1.165) is 11.5 Å². The monoisotopic (exact) mass is 202 g/mol. The predicted octanol–water partition coefficient (Wildman–Crippen LogP) is 1.99. The third-order valence-electron chi connectivity index (χ3n) is 2.70. The Labute approximate surface area is 88.3 Å². The minimum atomic E-state index is 0.652. The van der Waals surface area contributed by atoms with Gasteiger partial charge in [-0.05, 0) is 18.9 Å². The van der Waals surface area contributed by atoms with Crippen LogP contribution in [0.2, 0.25) is 0 Å². The second-order valence-corrected chi connectivity index (χ2v) is 4.06. The fourth-order valence-corrected chi connectivity index (χ4v) is 1.73.